The minimum absolute atomic E-state index is 0.799. The minimum Gasteiger partial charge on any atom is -0.399 e. The lowest BCUT2D eigenvalue weighted by molar-refractivity contribution is 1.33. The third-order valence-corrected chi connectivity index (χ3v) is 3.46. The van der Waals surface area contributed by atoms with Gasteiger partial charge in [0.05, 0.1) is 0 Å². The number of benzene rings is 2. The van der Waals surface area contributed by atoms with Gasteiger partial charge in [-0.1, -0.05) is 12.1 Å². The first kappa shape index (κ1) is 10.9. The first-order valence-electron chi connectivity index (χ1n) is 6.09. The van der Waals surface area contributed by atoms with Gasteiger partial charge in [0.25, 0.3) is 0 Å². The van der Waals surface area contributed by atoms with Crippen molar-refractivity contribution in [2.24, 2.45) is 0 Å². The number of aromatic nitrogens is 1. The summed E-state index contributed by atoms with van der Waals surface area (Å²) < 4.78 is 0. The molecule has 3 rings (SSSR count). The molecular weight excluding hydrogens is 220 g/mol. The highest BCUT2D eigenvalue weighted by Crippen LogP contribution is 2.26. The molecule has 2 aromatic carbocycles. The van der Waals surface area contributed by atoms with E-state index in [1.165, 1.54) is 16.7 Å². The van der Waals surface area contributed by atoms with Gasteiger partial charge in [0, 0.05) is 22.3 Å². The van der Waals surface area contributed by atoms with Crippen LogP contribution in [0.4, 0.5) is 5.69 Å². The zero-order valence-electron chi connectivity index (χ0n) is 10.6. The first-order chi connectivity index (χ1) is 8.63. The maximum absolute atomic E-state index is 5.80. The second-order valence-corrected chi connectivity index (χ2v) is 4.83. The third kappa shape index (κ3) is 1.76. The van der Waals surface area contributed by atoms with Crippen molar-refractivity contribution in [1.82, 2.24) is 4.98 Å². The van der Waals surface area contributed by atoms with Crippen LogP contribution in [-0.2, 0) is 0 Å². The fourth-order valence-corrected chi connectivity index (χ4v) is 2.22. The van der Waals surface area contributed by atoms with Gasteiger partial charge in [0.1, 0.15) is 0 Å². The molecule has 1 heterocycles. The lowest BCUT2D eigenvalue weighted by Crippen LogP contribution is -1.83. The largest absolute Gasteiger partial charge is 0.399 e. The van der Waals surface area contributed by atoms with Crippen LogP contribution in [0.3, 0.4) is 0 Å². The normalized spacial score (nSPS) is 11.0. The second-order valence-electron chi connectivity index (χ2n) is 4.83. The van der Waals surface area contributed by atoms with Gasteiger partial charge in [-0.3, -0.25) is 0 Å². The highest BCUT2D eigenvalue weighted by Gasteiger charge is 2.04. The number of nitrogens with two attached hydrogens (primary N) is 1. The van der Waals surface area contributed by atoms with Crippen molar-refractivity contribution in [1.29, 1.82) is 0 Å². The summed E-state index contributed by atoms with van der Waals surface area (Å²) in [4.78, 5) is 3.43. The van der Waals surface area contributed by atoms with Crippen LogP contribution >= 0.6 is 0 Å². The molecule has 2 heteroatoms. The number of hydrogen-bond acceptors (Lipinski definition) is 1. The minimum atomic E-state index is 0.799. The average molecular weight is 236 g/mol. The van der Waals surface area contributed by atoms with Gasteiger partial charge in [-0.05, 0) is 60.9 Å². The summed E-state index contributed by atoms with van der Waals surface area (Å²) in [6.07, 6.45) is 0. The fraction of sp³-hybridized carbons (Fsp3) is 0.125. The van der Waals surface area contributed by atoms with Crippen LogP contribution in [0.15, 0.2) is 42.5 Å². The standard InChI is InChI=1S/C16H16N2/c1-10-3-4-12(7-11(10)2)16-9-13-8-14(17)5-6-15(13)18-16/h3-9,18H,17H2,1-2H3. The van der Waals surface area contributed by atoms with Crippen molar-refractivity contribution in [2.75, 3.05) is 5.73 Å². The Kier molecular flexibility index (Phi) is 2.37. The zero-order valence-corrected chi connectivity index (χ0v) is 10.6. The van der Waals surface area contributed by atoms with E-state index in [4.69, 9.17) is 5.73 Å². The molecule has 1 aromatic heterocycles. The predicted molar refractivity (Wildman–Crippen MR) is 77.6 cm³/mol. The van der Waals surface area contributed by atoms with Gasteiger partial charge in [-0.2, -0.15) is 0 Å². The molecule has 3 aromatic rings. The fourth-order valence-electron chi connectivity index (χ4n) is 2.22. The van der Waals surface area contributed by atoms with Crippen molar-refractivity contribution < 1.29 is 0 Å². The quantitative estimate of drug-likeness (QED) is 0.615. The number of aryl methyl sites for hydroxylation is 2. The van der Waals surface area contributed by atoms with Crippen molar-refractivity contribution in [3.05, 3.63) is 53.6 Å². The van der Waals surface area contributed by atoms with Crippen molar-refractivity contribution in [3.8, 4) is 11.3 Å². The summed E-state index contributed by atoms with van der Waals surface area (Å²) in [7, 11) is 0. The Hall–Kier alpha value is -2.22. The van der Waals surface area contributed by atoms with Crippen LogP contribution in [-0.4, -0.2) is 4.98 Å². The third-order valence-electron chi connectivity index (χ3n) is 3.46. The summed E-state index contributed by atoms with van der Waals surface area (Å²) in [5.74, 6) is 0. The molecule has 3 N–H and O–H groups in total. The lowest BCUT2D eigenvalue weighted by Gasteiger charge is -2.03. The summed E-state index contributed by atoms with van der Waals surface area (Å²) in [6.45, 7) is 4.27. The lowest BCUT2D eigenvalue weighted by atomic mass is 10.0. The van der Waals surface area contributed by atoms with Crippen LogP contribution in [0.1, 0.15) is 11.1 Å². The molecule has 0 radical (unpaired) electrons. The van der Waals surface area contributed by atoms with Crippen molar-refractivity contribution in [2.45, 2.75) is 13.8 Å². The summed E-state index contributed by atoms with van der Waals surface area (Å²) in [5, 5.41) is 1.16. The molecule has 0 bridgehead atoms. The van der Waals surface area contributed by atoms with Crippen LogP contribution in [0.2, 0.25) is 0 Å². The monoisotopic (exact) mass is 236 g/mol. The van der Waals surface area contributed by atoms with E-state index in [0.717, 1.165) is 22.3 Å². The molecule has 0 spiro atoms. The number of H-pyrrole nitrogens is 1. The smallest absolute Gasteiger partial charge is 0.0464 e. The van der Waals surface area contributed by atoms with Gasteiger partial charge >= 0.3 is 0 Å². The maximum atomic E-state index is 5.80. The zero-order chi connectivity index (χ0) is 12.7. The van der Waals surface area contributed by atoms with Crippen molar-refractivity contribution in [3.63, 3.8) is 0 Å². The number of nitrogens with one attached hydrogen (secondary N) is 1. The number of fused-ring (bicyclic) bond motifs is 1. The first-order valence-corrected chi connectivity index (χ1v) is 6.09. The van der Waals surface area contributed by atoms with Gasteiger partial charge < -0.3 is 10.7 Å². The van der Waals surface area contributed by atoms with E-state index < -0.39 is 0 Å². The molecule has 2 nitrogen and oxygen atoms in total. The van der Waals surface area contributed by atoms with Crippen LogP contribution in [0.5, 0.6) is 0 Å². The molecule has 0 unspecified atom stereocenters. The number of nitrogen functional groups attached to an aromatic ring is 1. The van der Waals surface area contributed by atoms with Crippen molar-refractivity contribution >= 4 is 16.6 Å². The summed E-state index contributed by atoms with van der Waals surface area (Å²) in [6, 6.07) is 14.6. The van der Waals surface area contributed by atoms with Crippen LogP contribution < -0.4 is 5.73 Å². The van der Waals surface area contributed by atoms with E-state index in [9.17, 15) is 0 Å². The van der Waals surface area contributed by atoms with E-state index in [1.54, 1.807) is 0 Å². The van der Waals surface area contributed by atoms with E-state index in [-0.39, 0.29) is 0 Å². The highest BCUT2D eigenvalue weighted by molar-refractivity contribution is 5.88. The molecule has 0 fully saturated rings. The number of anilines is 1. The summed E-state index contributed by atoms with van der Waals surface area (Å²) >= 11 is 0. The molecule has 18 heavy (non-hydrogen) atoms. The van der Waals surface area contributed by atoms with E-state index in [1.807, 2.05) is 18.2 Å². The van der Waals surface area contributed by atoms with Crippen LogP contribution in [0, 0.1) is 13.8 Å². The van der Waals surface area contributed by atoms with E-state index >= 15 is 0 Å². The average Bonchev–Trinajstić information content (AvgIpc) is 2.75. The molecule has 0 aliphatic rings. The summed E-state index contributed by atoms with van der Waals surface area (Å²) in [5.41, 5.74) is 12.7. The Bertz CT molecular complexity index is 723. The Morgan fingerprint density at radius 1 is 0.889 bits per heavy atom. The Balaban J connectivity index is 2.16. The molecular formula is C16H16N2. The topological polar surface area (TPSA) is 41.8 Å². The molecule has 0 aliphatic heterocycles. The van der Waals surface area contributed by atoms with E-state index in [2.05, 4.69) is 43.1 Å². The van der Waals surface area contributed by atoms with Gasteiger partial charge in [-0.25, -0.2) is 0 Å². The molecule has 0 aliphatic carbocycles. The predicted octanol–water partition coefficient (Wildman–Crippen LogP) is 4.03. The van der Waals surface area contributed by atoms with Gasteiger partial charge in [-0.15, -0.1) is 0 Å². The van der Waals surface area contributed by atoms with Gasteiger partial charge in [0.15, 0.2) is 0 Å². The Labute approximate surface area is 106 Å². The molecule has 0 atom stereocenters. The molecule has 0 saturated heterocycles. The Morgan fingerprint density at radius 3 is 2.50 bits per heavy atom. The maximum Gasteiger partial charge on any atom is 0.0464 e. The number of rotatable bonds is 1. The molecule has 0 amide bonds. The highest BCUT2D eigenvalue weighted by atomic mass is 14.7. The van der Waals surface area contributed by atoms with E-state index in [0.29, 0.717) is 0 Å². The molecule has 0 saturated carbocycles. The Morgan fingerprint density at radius 2 is 1.72 bits per heavy atom. The van der Waals surface area contributed by atoms with Crippen LogP contribution in [0.25, 0.3) is 22.2 Å². The molecule has 90 valence electrons. The SMILES string of the molecule is Cc1ccc(-c2cc3cc(N)ccc3[nH]2)cc1C. The van der Waals surface area contributed by atoms with Gasteiger partial charge in [0.2, 0.25) is 0 Å². The number of aromatic amines is 1. The second kappa shape index (κ2) is 3.91. The number of hydrogen-bond donors (Lipinski definition) is 2.